The summed E-state index contributed by atoms with van der Waals surface area (Å²) in [5.74, 6) is -0.480. The second kappa shape index (κ2) is 6.93. The van der Waals surface area contributed by atoms with Crippen molar-refractivity contribution in [1.82, 2.24) is 0 Å². The zero-order valence-electron chi connectivity index (χ0n) is 13.1. The lowest BCUT2D eigenvalue weighted by molar-refractivity contribution is -0.120. The smallest absolute Gasteiger partial charge is 0.341 e. The molecule has 0 unspecified atom stereocenters. The number of methoxy groups -OCH3 is 1. The Morgan fingerprint density at radius 2 is 2.00 bits per heavy atom. The highest BCUT2D eigenvalue weighted by atomic mass is 35.5. The molecule has 1 heterocycles. The summed E-state index contributed by atoms with van der Waals surface area (Å²) in [5, 5.41) is 0.414. The van der Waals surface area contributed by atoms with Crippen molar-refractivity contribution in [1.29, 1.82) is 0 Å². The predicted molar refractivity (Wildman–Crippen MR) is 90.8 cm³/mol. The number of amides is 1. The molecule has 0 radical (unpaired) electrons. The molecule has 0 N–H and O–H groups in total. The number of benzene rings is 2. The third kappa shape index (κ3) is 3.21. The molecule has 1 aliphatic rings. The van der Waals surface area contributed by atoms with Crippen molar-refractivity contribution in [2.45, 2.75) is 6.42 Å². The fourth-order valence-electron chi connectivity index (χ4n) is 2.71. The average Bonchev–Trinajstić information content (AvgIpc) is 3.03. The van der Waals surface area contributed by atoms with Crippen LogP contribution in [0.5, 0.6) is 5.75 Å². The predicted octanol–water partition coefficient (Wildman–Crippen LogP) is 3.09. The van der Waals surface area contributed by atoms with Crippen LogP contribution in [0.1, 0.15) is 15.9 Å². The summed E-state index contributed by atoms with van der Waals surface area (Å²) in [7, 11) is 1.28. The summed E-state index contributed by atoms with van der Waals surface area (Å²) < 4.78 is 10.3. The monoisotopic (exact) mass is 345 g/mol. The minimum Gasteiger partial charge on any atom is -0.483 e. The first-order chi connectivity index (χ1) is 11.6. The van der Waals surface area contributed by atoms with Crippen molar-refractivity contribution in [2.75, 3.05) is 25.2 Å². The van der Waals surface area contributed by atoms with E-state index in [-0.39, 0.29) is 23.8 Å². The van der Waals surface area contributed by atoms with E-state index in [0.29, 0.717) is 11.6 Å². The summed E-state index contributed by atoms with van der Waals surface area (Å²) >= 11 is 5.95. The first-order valence-electron chi connectivity index (χ1n) is 7.49. The molecule has 5 nitrogen and oxygen atoms in total. The largest absolute Gasteiger partial charge is 0.483 e. The number of para-hydroxylation sites is 1. The Bertz CT molecular complexity index is 790. The quantitative estimate of drug-likeness (QED) is 0.799. The number of rotatable bonds is 4. The van der Waals surface area contributed by atoms with Gasteiger partial charge in [-0.3, -0.25) is 4.79 Å². The van der Waals surface area contributed by atoms with Crippen LogP contribution in [0.15, 0.2) is 42.5 Å². The zero-order chi connectivity index (χ0) is 17.1. The van der Waals surface area contributed by atoms with Crippen molar-refractivity contribution in [3.8, 4) is 5.75 Å². The van der Waals surface area contributed by atoms with Crippen molar-refractivity contribution in [3.63, 3.8) is 0 Å². The van der Waals surface area contributed by atoms with Crippen LogP contribution < -0.4 is 9.64 Å². The maximum atomic E-state index is 12.5. The van der Waals surface area contributed by atoms with Crippen LogP contribution in [-0.2, 0) is 16.0 Å². The van der Waals surface area contributed by atoms with E-state index in [4.69, 9.17) is 21.1 Å². The Balaban J connectivity index is 1.74. The molecule has 1 aliphatic heterocycles. The van der Waals surface area contributed by atoms with Crippen LogP contribution in [0, 0.1) is 0 Å². The third-order valence-electron chi connectivity index (χ3n) is 3.89. The second-order valence-electron chi connectivity index (χ2n) is 5.34. The van der Waals surface area contributed by atoms with E-state index < -0.39 is 5.97 Å². The summed E-state index contributed by atoms with van der Waals surface area (Å²) in [6.07, 6.45) is 0.826. The Kier molecular flexibility index (Phi) is 4.71. The van der Waals surface area contributed by atoms with E-state index in [1.165, 1.54) is 19.2 Å². The van der Waals surface area contributed by atoms with Gasteiger partial charge in [0.1, 0.15) is 11.3 Å². The van der Waals surface area contributed by atoms with Crippen molar-refractivity contribution in [3.05, 3.63) is 58.6 Å². The topological polar surface area (TPSA) is 55.8 Å². The SMILES string of the molecule is COC(=O)c1ccc(Cl)cc1OCC(=O)N1CCc2ccccc21. The molecule has 2 aromatic rings. The maximum Gasteiger partial charge on any atom is 0.341 e. The second-order valence-corrected chi connectivity index (χ2v) is 5.78. The molecule has 2 aromatic carbocycles. The van der Waals surface area contributed by atoms with Crippen LogP contribution in [0.25, 0.3) is 0 Å². The fraction of sp³-hybridized carbons (Fsp3) is 0.222. The molecule has 124 valence electrons. The molecule has 6 heteroatoms. The van der Waals surface area contributed by atoms with Gasteiger partial charge in [-0.25, -0.2) is 4.79 Å². The molecule has 0 saturated heterocycles. The first-order valence-corrected chi connectivity index (χ1v) is 7.87. The molecule has 1 amide bonds. The van der Waals surface area contributed by atoms with Crippen LogP contribution in [-0.4, -0.2) is 32.1 Å². The van der Waals surface area contributed by atoms with Gasteiger partial charge in [0.2, 0.25) is 0 Å². The van der Waals surface area contributed by atoms with Gasteiger partial charge < -0.3 is 14.4 Å². The highest BCUT2D eigenvalue weighted by molar-refractivity contribution is 6.30. The molecule has 3 rings (SSSR count). The van der Waals surface area contributed by atoms with Gasteiger partial charge in [-0.15, -0.1) is 0 Å². The number of hydrogen-bond donors (Lipinski definition) is 0. The summed E-state index contributed by atoms with van der Waals surface area (Å²) in [5.41, 5.74) is 2.28. The number of ether oxygens (including phenoxy) is 2. The number of nitrogens with zero attached hydrogens (tertiary/aromatic N) is 1. The van der Waals surface area contributed by atoms with Gasteiger partial charge in [0, 0.05) is 17.3 Å². The third-order valence-corrected chi connectivity index (χ3v) is 4.12. The van der Waals surface area contributed by atoms with Gasteiger partial charge >= 0.3 is 5.97 Å². The number of carbonyl (C=O) groups is 2. The van der Waals surface area contributed by atoms with Gasteiger partial charge in [0.05, 0.1) is 7.11 Å². The van der Waals surface area contributed by atoms with E-state index in [2.05, 4.69) is 0 Å². The Morgan fingerprint density at radius 3 is 2.79 bits per heavy atom. The standard InChI is InChI=1S/C18H16ClNO4/c1-23-18(22)14-7-6-13(19)10-16(14)24-11-17(21)20-9-8-12-4-2-3-5-15(12)20/h2-7,10H,8-9,11H2,1H3. The Morgan fingerprint density at radius 1 is 1.21 bits per heavy atom. The van der Waals surface area contributed by atoms with Gasteiger partial charge in [0.25, 0.3) is 5.91 Å². The number of esters is 1. The summed E-state index contributed by atoms with van der Waals surface area (Å²) in [6, 6.07) is 12.4. The molecule has 0 bridgehead atoms. The molecule has 0 saturated carbocycles. The van der Waals surface area contributed by atoms with E-state index in [1.807, 2.05) is 24.3 Å². The molecule has 24 heavy (non-hydrogen) atoms. The van der Waals surface area contributed by atoms with Gasteiger partial charge in [-0.2, -0.15) is 0 Å². The Hall–Kier alpha value is -2.53. The molecule has 0 spiro atoms. The summed E-state index contributed by atoms with van der Waals surface area (Å²) in [4.78, 5) is 25.9. The van der Waals surface area contributed by atoms with E-state index >= 15 is 0 Å². The highest BCUT2D eigenvalue weighted by Crippen LogP contribution is 2.28. The highest BCUT2D eigenvalue weighted by Gasteiger charge is 2.25. The molecular formula is C18H16ClNO4. The fourth-order valence-corrected chi connectivity index (χ4v) is 2.87. The minimum absolute atomic E-state index is 0.171. The van der Waals surface area contributed by atoms with E-state index in [9.17, 15) is 9.59 Å². The van der Waals surface area contributed by atoms with Crippen LogP contribution in [0.4, 0.5) is 5.69 Å². The molecule has 0 aliphatic carbocycles. The van der Waals surface area contributed by atoms with Crippen molar-refractivity contribution >= 4 is 29.2 Å². The normalized spacial score (nSPS) is 12.7. The lowest BCUT2D eigenvalue weighted by atomic mass is 10.2. The lowest BCUT2D eigenvalue weighted by Crippen LogP contribution is -2.33. The number of halogens is 1. The molecule has 0 aromatic heterocycles. The van der Waals surface area contributed by atoms with Gasteiger partial charge in [0.15, 0.2) is 6.61 Å². The van der Waals surface area contributed by atoms with Gasteiger partial charge in [-0.05, 0) is 36.2 Å². The van der Waals surface area contributed by atoms with Crippen LogP contribution in [0.3, 0.4) is 0 Å². The van der Waals surface area contributed by atoms with Crippen LogP contribution >= 0.6 is 11.6 Å². The first kappa shape index (κ1) is 16.3. The molecule has 0 atom stereocenters. The van der Waals surface area contributed by atoms with Crippen molar-refractivity contribution in [2.24, 2.45) is 0 Å². The molecule has 0 fully saturated rings. The number of carbonyl (C=O) groups excluding carboxylic acids is 2. The number of fused-ring (bicyclic) bond motifs is 1. The maximum absolute atomic E-state index is 12.5. The van der Waals surface area contributed by atoms with E-state index in [1.54, 1.807) is 11.0 Å². The summed E-state index contributed by atoms with van der Waals surface area (Å²) in [6.45, 7) is 0.444. The van der Waals surface area contributed by atoms with Gasteiger partial charge in [-0.1, -0.05) is 29.8 Å². The average molecular weight is 346 g/mol. The minimum atomic E-state index is -0.541. The Labute approximate surface area is 144 Å². The number of hydrogen-bond acceptors (Lipinski definition) is 4. The zero-order valence-corrected chi connectivity index (χ0v) is 13.9. The van der Waals surface area contributed by atoms with Crippen molar-refractivity contribution < 1.29 is 19.1 Å². The van der Waals surface area contributed by atoms with E-state index in [0.717, 1.165) is 17.7 Å². The lowest BCUT2D eigenvalue weighted by Gasteiger charge is -2.18. The number of anilines is 1. The molecular weight excluding hydrogens is 330 g/mol. The van der Waals surface area contributed by atoms with Crippen LogP contribution in [0.2, 0.25) is 5.02 Å².